The molecule has 0 aliphatic heterocycles. The van der Waals surface area contributed by atoms with E-state index in [9.17, 15) is 0 Å². The molecular weight excluding hydrogens is 292 g/mol. The van der Waals surface area contributed by atoms with E-state index >= 15 is 0 Å². The first kappa shape index (κ1) is 15.5. The minimum absolute atomic E-state index is 0.0447. The maximum Gasteiger partial charge on any atom is 0.0431 e. The predicted octanol–water partition coefficient (Wildman–Crippen LogP) is 3.07. The predicted molar refractivity (Wildman–Crippen MR) is 81.0 cm³/mol. The summed E-state index contributed by atoms with van der Waals surface area (Å²) in [7, 11) is 2.09. The number of aliphatic hydroxyl groups excluding tert-OH is 1. The van der Waals surface area contributed by atoms with E-state index in [1.54, 1.807) is 0 Å². The maximum atomic E-state index is 8.74. The largest absolute Gasteiger partial charge is 0.396 e. The quantitative estimate of drug-likeness (QED) is 0.760. The van der Waals surface area contributed by atoms with Gasteiger partial charge in [-0.2, -0.15) is 0 Å². The van der Waals surface area contributed by atoms with Crippen LogP contribution in [0.2, 0.25) is 0 Å². The molecule has 0 spiro atoms. The molecule has 0 aromatic heterocycles. The third kappa shape index (κ3) is 4.59. The van der Waals surface area contributed by atoms with Crippen LogP contribution in [0.3, 0.4) is 0 Å². The van der Waals surface area contributed by atoms with Gasteiger partial charge < -0.3 is 15.7 Å². The van der Waals surface area contributed by atoms with E-state index in [0.29, 0.717) is 6.61 Å². The lowest BCUT2D eigenvalue weighted by Gasteiger charge is -2.21. The Bertz CT molecular complexity index is 369. The summed E-state index contributed by atoms with van der Waals surface area (Å²) in [4.78, 5) is 2.23. The second kappa shape index (κ2) is 7.77. The van der Waals surface area contributed by atoms with Crippen LogP contribution in [-0.4, -0.2) is 25.3 Å². The Morgan fingerprint density at radius 1 is 1.33 bits per heavy atom. The number of aliphatic hydroxyl groups is 1. The highest BCUT2D eigenvalue weighted by Crippen LogP contribution is 2.27. The smallest absolute Gasteiger partial charge is 0.0431 e. The standard InChI is InChI=1S/C14H23BrN2O/c1-11(16)13-7-6-12(10-14(13)15)17(2)8-4-3-5-9-18/h6-7,10-11,18H,3-5,8-9,16H2,1-2H3/t11-/m0/s1. The van der Waals surface area contributed by atoms with Crippen LogP contribution in [0.5, 0.6) is 0 Å². The zero-order valence-corrected chi connectivity index (χ0v) is 12.8. The van der Waals surface area contributed by atoms with Crippen molar-refractivity contribution in [1.29, 1.82) is 0 Å². The number of anilines is 1. The van der Waals surface area contributed by atoms with Crippen LogP contribution >= 0.6 is 15.9 Å². The summed E-state index contributed by atoms with van der Waals surface area (Å²) < 4.78 is 1.07. The van der Waals surface area contributed by atoms with Gasteiger partial charge in [0.15, 0.2) is 0 Å². The van der Waals surface area contributed by atoms with Crippen molar-refractivity contribution >= 4 is 21.6 Å². The summed E-state index contributed by atoms with van der Waals surface area (Å²) in [6.45, 7) is 3.28. The van der Waals surface area contributed by atoms with Crippen LogP contribution in [0.1, 0.15) is 37.8 Å². The van der Waals surface area contributed by atoms with Gasteiger partial charge in [-0.25, -0.2) is 0 Å². The van der Waals surface area contributed by atoms with Gasteiger partial charge in [0.05, 0.1) is 0 Å². The van der Waals surface area contributed by atoms with E-state index in [-0.39, 0.29) is 6.04 Å². The number of hydrogen-bond donors (Lipinski definition) is 2. The number of nitrogens with two attached hydrogens (primary N) is 1. The molecule has 1 rings (SSSR count). The van der Waals surface area contributed by atoms with Gasteiger partial charge in [0.25, 0.3) is 0 Å². The molecule has 3 N–H and O–H groups in total. The van der Waals surface area contributed by atoms with E-state index in [1.807, 2.05) is 6.92 Å². The van der Waals surface area contributed by atoms with Crippen LogP contribution in [0.4, 0.5) is 5.69 Å². The van der Waals surface area contributed by atoms with Crippen LogP contribution < -0.4 is 10.6 Å². The molecule has 4 heteroatoms. The van der Waals surface area contributed by atoms with Crippen LogP contribution in [0.25, 0.3) is 0 Å². The highest BCUT2D eigenvalue weighted by atomic mass is 79.9. The minimum Gasteiger partial charge on any atom is -0.396 e. The molecule has 0 aliphatic carbocycles. The third-order valence-corrected chi connectivity index (χ3v) is 3.75. The first-order chi connectivity index (χ1) is 8.56. The van der Waals surface area contributed by atoms with Gasteiger partial charge in [-0.15, -0.1) is 0 Å². The molecule has 0 saturated heterocycles. The molecule has 102 valence electrons. The van der Waals surface area contributed by atoms with Crippen molar-refractivity contribution in [3.05, 3.63) is 28.2 Å². The average Bonchev–Trinajstić information content (AvgIpc) is 2.33. The Morgan fingerprint density at radius 3 is 2.61 bits per heavy atom. The molecule has 1 aromatic carbocycles. The normalized spacial score (nSPS) is 12.5. The number of nitrogens with zero attached hydrogens (tertiary/aromatic N) is 1. The number of unbranched alkanes of at least 4 members (excludes halogenated alkanes) is 2. The monoisotopic (exact) mass is 314 g/mol. The Morgan fingerprint density at radius 2 is 2.06 bits per heavy atom. The van der Waals surface area contributed by atoms with E-state index in [1.165, 1.54) is 5.69 Å². The zero-order chi connectivity index (χ0) is 13.5. The number of rotatable bonds is 7. The van der Waals surface area contributed by atoms with Gasteiger partial charge in [0.2, 0.25) is 0 Å². The van der Waals surface area contributed by atoms with Gasteiger partial charge in [-0.3, -0.25) is 0 Å². The second-order valence-corrected chi connectivity index (χ2v) is 5.55. The summed E-state index contributed by atoms with van der Waals surface area (Å²) >= 11 is 3.57. The van der Waals surface area contributed by atoms with Crippen molar-refractivity contribution in [1.82, 2.24) is 0 Å². The van der Waals surface area contributed by atoms with Gasteiger partial charge in [-0.1, -0.05) is 22.0 Å². The molecule has 1 aromatic rings. The summed E-state index contributed by atoms with van der Waals surface area (Å²) in [5.41, 5.74) is 8.21. The SMILES string of the molecule is C[C@H](N)c1ccc(N(C)CCCCCO)cc1Br. The molecule has 0 unspecified atom stereocenters. The maximum absolute atomic E-state index is 8.74. The third-order valence-electron chi connectivity index (χ3n) is 3.07. The van der Waals surface area contributed by atoms with Gasteiger partial charge >= 0.3 is 0 Å². The molecular formula is C14H23BrN2O. The molecule has 3 nitrogen and oxygen atoms in total. The molecule has 0 amide bonds. The van der Waals surface area contributed by atoms with E-state index < -0.39 is 0 Å². The topological polar surface area (TPSA) is 49.5 Å². The van der Waals surface area contributed by atoms with Gasteiger partial charge in [0.1, 0.15) is 0 Å². The van der Waals surface area contributed by atoms with Gasteiger partial charge in [-0.05, 0) is 43.9 Å². The van der Waals surface area contributed by atoms with Crippen molar-refractivity contribution in [2.24, 2.45) is 5.73 Å². The zero-order valence-electron chi connectivity index (χ0n) is 11.2. The van der Waals surface area contributed by atoms with Crippen LogP contribution in [-0.2, 0) is 0 Å². The number of hydrogen-bond acceptors (Lipinski definition) is 3. The highest BCUT2D eigenvalue weighted by molar-refractivity contribution is 9.10. The van der Waals surface area contributed by atoms with Crippen molar-refractivity contribution in [3.63, 3.8) is 0 Å². The number of halogens is 1. The Hall–Kier alpha value is -0.580. The summed E-state index contributed by atoms with van der Waals surface area (Å²) in [6.07, 6.45) is 3.06. The Balaban J connectivity index is 2.58. The molecule has 1 atom stereocenters. The molecule has 0 radical (unpaired) electrons. The van der Waals surface area contributed by atoms with Crippen molar-refractivity contribution in [3.8, 4) is 0 Å². The fourth-order valence-corrected chi connectivity index (χ4v) is 2.62. The van der Waals surface area contributed by atoms with E-state index in [2.05, 4.69) is 46.1 Å². The average molecular weight is 315 g/mol. The lowest BCUT2D eigenvalue weighted by Crippen LogP contribution is -2.18. The fourth-order valence-electron chi connectivity index (χ4n) is 1.89. The Labute approximate surface area is 118 Å². The summed E-state index contributed by atoms with van der Waals surface area (Å²) in [5, 5.41) is 8.74. The molecule has 0 aliphatic rings. The van der Waals surface area contributed by atoms with Gasteiger partial charge in [0, 0.05) is 36.4 Å². The summed E-state index contributed by atoms with van der Waals surface area (Å²) in [5.74, 6) is 0. The van der Waals surface area contributed by atoms with Crippen molar-refractivity contribution in [2.75, 3.05) is 25.1 Å². The lowest BCUT2D eigenvalue weighted by molar-refractivity contribution is 0.283. The first-order valence-corrected chi connectivity index (χ1v) is 7.22. The molecule has 0 heterocycles. The Kier molecular flexibility index (Phi) is 6.68. The van der Waals surface area contributed by atoms with Crippen molar-refractivity contribution in [2.45, 2.75) is 32.2 Å². The fraction of sp³-hybridized carbons (Fsp3) is 0.571. The molecule has 0 saturated carbocycles. The van der Waals surface area contributed by atoms with Crippen LogP contribution in [0.15, 0.2) is 22.7 Å². The summed E-state index contributed by atoms with van der Waals surface area (Å²) in [6, 6.07) is 6.34. The van der Waals surface area contributed by atoms with E-state index in [0.717, 1.165) is 35.8 Å². The highest BCUT2D eigenvalue weighted by Gasteiger charge is 2.07. The minimum atomic E-state index is 0.0447. The number of benzene rings is 1. The lowest BCUT2D eigenvalue weighted by atomic mass is 10.1. The second-order valence-electron chi connectivity index (χ2n) is 4.70. The van der Waals surface area contributed by atoms with Crippen molar-refractivity contribution < 1.29 is 5.11 Å². The molecule has 18 heavy (non-hydrogen) atoms. The van der Waals surface area contributed by atoms with E-state index in [4.69, 9.17) is 10.8 Å². The van der Waals surface area contributed by atoms with Crippen LogP contribution in [0, 0.1) is 0 Å². The molecule has 0 bridgehead atoms. The molecule has 0 fully saturated rings. The first-order valence-electron chi connectivity index (χ1n) is 6.43.